The third kappa shape index (κ3) is 5.87. The summed E-state index contributed by atoms with van der Waals surface area (Å²) in [6, 6.07) is 6.64. The van der Waals surface area contributed by atoms with Crippen LogP contribution in [-0.2, 0) is 14.8 Å². The summed E-state index contributed by atoms with van der Waals surface area (Å²) in [6.45, 7) is 1.27. The van der Waals surface area contributed by atoms with Crippen LogP contribution in [0.1, 0.15) is 12.5 Å². The van der Waals surface area contributed by atoms with E-state index in [-0.39, 0.29) is 6.54 Å². The first-order chi connectivity index (χ1) is 8.80. The standard InChI is InChI=1S/C12H14ClNO4S/c1-9(12(15)16)8-14-19(17,18)7-6-10-2-4-11(13)5-3-10/h2-7,9,14H,8H2,1H3,(H,15,16)/b7-6+. The fraction of sp³-hybridized carbons (Fsp3) is 0.250. The van der Waals surface area contributed by atoms with E-state index < -0.39 is 21.9 Å². The van der Waals surface area contributed by atoms with Crippen LogP contribution in [0.4, 0.5) is 0 Å². The summed E-state index contributed by atoms with van der Waals surface area (Å²) in [5.41, 5.74) is 0.682. The number of carboxylic acids is 1. The second kappa shape index (κ2) is 6.70. The van der Waals surface area contributed by atoms with Crippen LogP contribution >= 0.6 is 11.6 Å². The minimum atomic E-state index is -3.65. The van der Waals surface area contributed by atoms with E-state index in [1.807, 2.05) is 0 Å². The molecule has 0 aliphatic carbocycles. The zero-order valence-corrected chi connectivity index (χ0v) is 11.8. The maximum Gasteiger partial charge on any atom is 0.307 e. The molecule has 1 aromatic carbocycles. The average molecular weight is 304 g/mol. The van der Waals surface area contributed by atoms with Crippen LogP contribution in [0.2, 0.25) is 5.02 Å². The van der Waals surface area contributed by atoms with Gasteiger partial charge in [0.1, 0.15) is 0 Å². The van der Waals surface area contributed by atoms with Gasteiger partial charge in [0.2, 0.25) is 10.0 Å². The van der Waals surface area contributed by atoms with E-state index >= 15 is 0 Å². The van der Waals surface area contributed by atoms with Crippen LogP contribution in [0.5, 0.6) is 0 Å². The maximum absolute atomic E-state index is 11.6. The monoisotopic (exact) mass is 303 g/mol. The molecule has 1 aromatic rings. The molecule has 1 atom stereocenters. The molecule has 104 valence electrons. The van der Waals surface area contributed by atoms with Crippen LogP contribution in [0.25, 0.3) is 6.08 Å². The third-order valence-electron chi connectivity index (χ3n) is 2.32. The molecular formula is C12H14ClNO4S. The summed E-state index contributed by atoms with van der Waals surface area (Å²) in [4.78, 5) is 10.6. The Hall–Kier alpha value is -1.37. The van der Waals surface area contributed by atoms with Gasteiger partial charge in [-0.1, -0.05) is 30.7 Å². The molecule has 0 amide bonds. The van der Waals surface area contributed by atoms with Crippen LogP contribution in [0.15, 0.2) is 29.7 Å². The summed E-state index contributed by atoms with van der Waals surface area (Å²) < 4.78 is 25.4. The fourth-order valence-corrected chi connectivity index (χ4v) is 2.16. The van der Waals surface area contributed by atoms with Crippen molar-refractivity contribution in [3.8, 4) is 0 Å². The van der Waals surface area contributed by atoms with Crippen molar-refractivity contribution < 1.29 is 18.3 Å². The van der Waals surface area contributed by atoms with E-state index in [4.69, 9.17) is 16.7 Å². The molecule has 5 nitrogen and oxygen atoms in total. The molecule has 0 radical (unpaired) electrons. The number of hydrogen-bond acceptors (Lipinski definition) is 3. The number of carbonyl (C=O) groups is 1. The minimum Gasteiger partial charge on any atom is -0.481 e. The summed E-state index contributed by atoms with van der Waals surface area (Å²) in [6.07, 6.45) is 1.41. The molecule has 19 heavy (non-hydrogen) atoms. The van der Waals surface area contributed by atoms with Crippen molar-refractivity contribution in [3.05, 3.63) is 40.3 Å². The smallest absolute Gasteiger partial charge is 0.307 e. The van der Waals surface area contributed by atoms with Gasteiger partial charge in [-0.25, -0.2) is 13.1 Å². The predicted molar refractivity (Wildman–Crippen MR) is 74.2 cm³/mol. The van der Waals surface area contributed by atoms with Gasteiger partial charge in [0, 0.05) is 17.0 Å². The zero-order chi connectivity index (χ0) is 14.5. The second-order valence-electron chi connectivity index (χ2n) is 3.99. The SMILES string of the molecule is CC(CNS(=O)(=O)/C=C/c1ccc(Cl)cc1)C(=O)O. The molecule has 0 fully saturated rings. The molecule has 0 aliphatic rings. The lowest BCUT2D eigenvalue weighted by Crippen LogP contribution is -2.30. The van der Waals surface area contributed by atoms with E-state index in [0.29, 0.717) is 10.6 Å². The highest BCUT2D eigenvalue weighted by atomic mass is 35.5. The van der Waals surface area contributed by atoms with Crippen LogP contribution in [0, 0.1) is 5.92 Å². The van der Waals surface area contributed by atoms with Crippen molar-refractivity contribution >= 4 is 33.7 Å². The largest absolute Gasteiger partial charge is 0.481 e. The molecule has 0 saturated carbocycles. The fourth-order valence-electron chi connectivity index (χ4n) is 1.12. The second-order valence-corrected chi connectivity index (χ2v) is 6.07. The number of nitrogens with one attached hydrogen (secondary N) is 1. The van der Waals surface area contributed by atoms with E-state index in [1.54, 1.807) is 24.3 Å². The Morgan fingerprint density at radius 2 is 2.00 bits per heavy atom. The number of benzene rings is 1. The van der Waals surface area contributed by atoms with E-state index in [1.165, 1.54) is 13.0 Å². The van der Waals surface area contributed by atoms with Gasteiger partial charge in [-0.2, -0.15) is 0 Å². The molecule has 7 heteroatoms. The number of halogens is 1. The van der Waals surface area contributed by atoms with Gasteiger partial charge in [-0.05, 0) is 23.8 Å². The molecule has 0 saturated heterocycles. The highest BCUT2D eigenvalue weighted by molar-refractivity contribution is 7.92. The Morgan fingerprint density at radius 1 is 1.42 bits per heavy atom. The number of aliphatic carboxylic acids is 1. The van der Waals surface area contributed by atoms with Crippen molar-refractivity contribution in [2.75, 3.05) is 6.54 Å². The Labute approximate surface area is 117 Å². The maximum atomic E-state index is 11.6. The molecule has 0 spiro atoms. The Bertz CT molecular complexity index is 566. The lowest BCUT2D eigenvalue weighted by atomic mass is 10.2. The van der Waals surface area contributed by atoms with Crippen molar-refractivity contribution in [3.63, 3.8) is 0 Å². The molecule has 0 aromatic heterocycles. The van der Waals surface area contributed by atoms with Gasteiger partial charge < -0.3 is 5.11 Å². The number of carboxylic acid groups (broad SMARTS) is 1. The van der Waals surface area contributed by atoms with Crippen molar-refractivity contribution in [2.24, 2.45) is 5.92 Å². The molecule has 0 heterocycles. The van der Waals surface area contributed by atoms with E-state index in [9.17, 15) is 13.2 Å². The summed E-state index contributed by atoms with van der Waals surface area (Å²) in [7, 11) is -3.65. The zero-order valence-electron chi connectivity index (χ0n) is 10.2. The average Bonchev–Trinajstić information content (AvgIpc) is 2.35. The van der Waals surface area contributed by atoms with Gasteiger partial charge in [0.15, 0.2) is 0 Å². The van der Waals surface area contributed by atoms with Gasteiger partial charge in [-0.3, -0.25) is 4.79 Å². The molecule has 1 unspecified atom stereocenters. The first kappa shape index (κ1) is 15.7. The summed E-state index contributed by atoms with van der Waals surface area (Å²) >= 11 is 5.71. The Morgan fingerprint density at radius 3 is 2.53 bits per heavy atom. The number of rotatable bonds is 6. The lowest BCUT2D eigenvalue weighted by Gasteiger charge is -2.06. The van der Waals surface area contributed by atoms with Gasteiger partial charge in [-0.15, -0.1) is 0 Å². The van der Waals surface area contributed by atoms with Crippen molar-refractivity contribution in [2.45, 2.75) is 6.92 Å². The molecule has 1 rings (SSSR count). The number of hydrogen-bond donors (Lipinski definition) is 2. The van der Waals surface area contributed by atoms with Gasteiger partial charge >= 0.3 is 5.97 Å². The first-order valence-corrected chi connectivity index (χ1v) is 7.39. The number of sulfonamides is 1. The topological polar surface area (TPSA) is 83.5 Å². The van der Waals surface area contributed by atoms with Gasteiger partial charge in [0.05, 0.1) is 5.92 Å². The van der Waals surface area contributed by atoms with E-state index in [2.05, 4.69) is 4.72 Å². The predicted octanol–water partition coefficient (Wildman–Crippen LogP) is 1.95. The first-order valence-electron chi connectivity index (χ1n) is 5.46. The normalized spacial score (nSPS) is 13.6. The van der Waals surface area contributed by atoms with Crippen LogP contribution < -0.4 is 4.72 Å². The quantitative estimate of drug-likeness (QED) is 0.841. The molecule has 0 aliphatic heterocycles. The van der Waals surface area contributed by atoms with Crippen molar-refractivity contribution in [1.29, 1.82) is 0 Å². The van der Waals surface area contributed by atoms with Crippen LogP contribution in [0.3, 0.4) is 0 Å². The molecule has 2 N–H and O–H groups in total. The highest BCUT2D eigenvalue weighted by Gasteiger charge is 2.13. The minimum absolute atomic E-state index is 0.150. The Balaban J connectivity index is 2.64. The highest BCUT2D eigenvalue weighted by Crippen LogP contribution is 2.11. The van der Waals surface area contributed by atoms with E-state index in [0.717, 1.165) is 5.41 Å². The lowest BCUT2D eigenvalue weighted by molar-refractivity contribution is -0.140. The summed E-state index contributed by atoms with van der Waals surface area (Å²) in [5.74, 6) is -1.83. The van der Waals surface area contributed by atoms with Crippen LogP contribution in [-0.4, -0.2) is 26.0 Å². The Kier molecular flexibility index (Phi) is 5.53. The molecular weight excluding hydrogens is 290 g/mol. The van der Waals surface area contributed by atoms with Crippen molar-refractivity contribution in [1.82, 2.24) is 4.72 Å². The molecule has 0 bridgehead atoms. The third-order valence-corrected chi connectivity index (χ3v) is 3.64. The summed E-state index contributed by atoms with van der Waals surface area (Å²) in [5, 5.41) is 10.2. The van der Waals surface area contributed by atoms with Gasteiger partial charge in [0.25, 0.3) is 0 Å².